The molecule has 2 aromatic heterocycles. The lowest BCUT2D eigenvalue weighted by atomic mass is 10.1. The second-order valence-electron chi connectivity index (χ2n) is 7.32. The lowest BCUT2D eigenvalue weighted by Gasteiger charge is -2.11. The fourth-order valence-corrected chi connectivity index (χ4v) is 3.52. The Hall–Kier alpha value is -4.36. The van der Waals surface area contributed by atoms with Crippen LogP contribution in [0.2, 0.25) is 10.0 Å². The summed E-state index contributed by atoms with van der Waals surface area (Å²) in [5.41, 5.74) is 12.0. The number of benzene rings is 1. The molecule has 0 bridgehead atoms. The van der Waals surface area contributed by atoms with Crippen LogP contribution in [-0.2, 0) is 4.74 Å². The fourth-order valence-electron chi connectivity index (χ4n) is 3.02. The first-order chi connectivity index (χ1) is 17.6. The third kappa shape index (κ3) is 6.86. The van der Waals surface area contributed by atoms with Gasteiger partial charge in [-0.1, -0.05) is 29.8 Å². The smallest absolute Gasteiger partial charge is 0.378 e. The number of hydrogen-bond donors (Lipinski definition) is 4. The number of carbonyl (C=O) groups excluding carboxylic acids is 1. The summed E-state index contributed by atoms with van der Waals surface area (Å²) in [7, 11) is 0. The quantitative estimate of drug-likeness (QED) is 0.0906. The minimum absolute atomic E-state index is 0.128. The number of hydrogen-bond acceptors (Lipinski definition) is 11. The van der Waals surface area contributed by atoms with E-state index in [1.165, 1.54) is 10.6 Å². The molecule has 0 radical (unpaired) electrons. The molecule has 194 valence electrons. The molecule has 13 nitrogen and oxygen atoms in total. The lowest BCUT2D eigenvalue weighted by Crippen LogP contribution is -2.22. The number of nitro groups is 1. The number of nitrogens with zero attached hydrogens (tertiary/aromatic N) is 5. The number of ether oxygens (including phenoxy) is 1. The molecule has 37 heavy (non-hydrogen) atoms. The summed E-state index contributed by atoms with van der Waals surface area (Å²) in [6, 6.07) is 6.61. The Morgan fingerprint density at radius 2 is 2.00 bits per heavy atom. The average molecular weight is 548 g/mol. The van der Waals surface area contributed by atoms with Crippen LogP contribution in [0, 0.1) is 10.1 Å². The van der Waals surface area contributed by atoms with Crippen molar-refractivity contribution in [2.45, 2.75) is 6.92 Å². The molecule has 0 unspecified atom stereocenters. The monoisotopic (exact) mass is 547 g/mol. The molecule has 3 rings (SSSR count). The van der Waals surface area contributed by atoms with Crippen molar-refractivity contribution in [3.63, 3.8) is 0 Å². The van der Waals surface area contributed by atoms with Gasteiger partial charge < -0.3 is 26.8 Å². The fraction of sp³-hybridized carbons (Fsp3) is 0.182. The minimum atomic E-state index is -0.694. The molecule has 0 atom stereocenters. The van der Waals surface area contributed by atoms with E-state index in [9.17, 15) is 14.9 Å². The number of allylic oxidation sites excluding steroid dienone is 2. The van der Waals surface area contributed by atoms with Crippen molar-refractivity contribution in [1.29, 1.82) is 0 Å². The van der Waals surface area contributed by atoms with Crippen LogP contribution in [0.1, 0.15) is 17.5 Å². The molecule has 0 saturated heterocycles. The minimum Gasteiger partial charge on any atom is -0.460 e. The number of carbonyl (C=O) groups is 1. The van der Waals surface area contributed by atoms with E-state index in [0.29, 0.717) is 45.7 Å². The Kier molecular flexibility index (Phi) is 8.87. The van der Waals surface area contributed by atoms with Gasteiger partial charge in [0.2, 0.25) is 5.95 Å². The first-order valence-electron chi connectivity index (χ1n) is 10.8. The number of aromatic nitrogens is 4. The van der Waals surface area contributed by atoms with Gasteiger partial charge in [-0.3, -0.25) is 10.1 Å². The molecule has 2 heterocycles. The highest BCUT2D eigenvalue weighted by Gasteiger charge is 2.18. The SMILES string of the molecule is C=C(/C=C\C(=C(N)N)[N+](=O)[O-])NCCNc1nc(-c2ccc(Cl)cc2Cl)cc2nc(C(=O)OCC)nn12. The van der Waals surface area contributed by atoms with E-state index in [4.69, 9.17) is 39.4 Å². The molecule has 0 amide bonds. The normalized spacial score (nSPS) is 10.9. The highest BCUT2D eigenvalue weighted by Crippen LogP contribution is 2.30. The largest absolute Gasteiger partial charge is 0.460 e. The van der Waals surface area contributed by atoms with Crippen molar-refractivity contribution in [3.05, 3.63) is 86.2 Å². The lowest BCUT2D eigenvalue weighted by molar-refractivity contribution is -0.420. The van der Waals surface area contributed by atoms with Gasteiger partial charge >= 0.3 is 11.7 Å². The molecule has 1 aromatic carbocycles. The zero-order valence-electron chi connectivity index (χ0n) is 19.6. The maximum absolute atomic E-state index is 12.2. The number of nitrogens with one attached hydrogen (secondary N) is 2. The maximum atomic E-state index is 12.2. The van der Waals surface area contributed by atoms with E-state index in [1.807, 2.05) is 0 Å². The standard InChI is InChI=1S/C22H23Cl2N9O4/c1-3-37-21(34)20-30-18-11-16(14-6-5-13(23)10-15(14)24)29-22(32(18)31-20)28-9-8-27-12(2)4-7-17(19(25)26)33(35)36/h4-7,10-11,27H,2-3,8-9,25-26H2,1H3,(H,28,29)/b7-4-. The molecular formula is C22H23Cl2N9O4. The highest BCUT2D eigenvalue weighted by atomic mass is 35.5. The Morgan fingerprint density at radius 3 is 2.65 bits per heavy atom. The summed E-state index contributed by atoms with van der Waals surface area (Å²) in [5, 5.41) is 22.1. The second-order valence-corrected chi connectivity index (χ2v) is 8.17. The van der Waals surface area contributed by atoms with Crippen LogP contribution in [0.25, 0.3) is 16.9 Å². The predicted molar refractivity (Wildman–Crippen MR) is 139 cm³/mol. The summed E-state index contributed by atoms with van der Waals surface area (Å²) in [5.74, 6) is -0.939. The van der Waals surface area contributed by atoms with Crippen LogP contribution in [0.15, 0.2) is 60.2 Å². The highest BCUT2D eigenvalue weighted by molar-refractivity contribution is 6.36. The van der Waals surface area contributed by atoms with Crippen LogP contribution < -0.4 is 22.1 Å². The molecule has 0 spiro atoms. The van der Waals surface area contributed by atoms with Gasteiger partial charge in [-0.05, 0) is 31.2 Å². The summed E-state index contributed by atoms with van der Waals surface area (Å²) in [6.45, 7) is 6.29. The van der Waals surface area contributed by atoms with Crippen molar-refractivity contribution < 1.29 is 14.5 Å². The summed E-state index contributed by atoms with van der Waals surface area (Å²) >= 11 is 12.4. The first kappa shape index (κ1) is 27.2. The Balaban J connectivity index is 1.82. The average Bonchev–Trinajstić information content (AvgIpc) is 3.26. The van der Waals surface area contributed by atoms with Crippen molar-refractivity contribution in [3.8, 4) is 11.3 Å². The Morgan fingerprint density at radius 1 is 1.24 bits per heavy atom. The summed E-state index contributed by atoms with van der Waals surface area (Å²) in [4.78, 5) is 31.3. The Bertz CT molecular complexity index is 1410. The predicted octanol–water partition coefficient (Wildman–Crippen LogP) is 2.71. The molecule has 0 aliphatic carbocycles. The van der Waals surface area contributed by atoms with Gasteiger partial charge in [0.1, 0.15) is 0 Å². The first-order valence-corrected chi connectivity index (χ1v) is 11.5. The van der Waals surface area contributed by atoms with Gasteiger partial charge in [-0.2, -0.15) is 4.52 Å². The van der Waals surface area contributed by atoms with Gasteiger partial charge in [0.15, 0.2) is 11.5 Å². The zero-order chi connectivity index (χ0) is 27.1. The summed E-state index contributed by atoms with van der Waals surface area (Å²) < 4.78 is 6.37. The van der Waals surface area contributed by atoms with Crippen LogP contribution >= 0.6 is 23.2 Å². The van der Waals surface area contributed by atoms with Crippen molar-refractivity contribution in [2.75, 3.05) is 25.0 Å². The van der Waals surface area contributed by atoms with E-state index in [2.05, 4.69) is 32.3 Å². The van der Waals surface area contributed by atoms with Gasteiger partial charge in [-0.15, -0.1) is 5.10 Å². The second kappa shape index (κ2) is 12.1. The molecule has 6 N–H and O–H groups in total. The van der Waals surface area contributed by atoms with Crippen LogP contribution in [-0.4, -0.2) is 50.2 Å². The molecule has 0 aliphatic rings. The van der Waals surface area contributed by atoms with Crippen LogP contribution in [0.5, 0.6) is 0 Å². The van der Waals surface area contributed by atoms with Gasteiger partial charge in [0, 0.05) is 41.5 Å². The van der Waals surface area contributed by atoms with E-state index in [0.717, 1.165) is 6.08 Å². The number of anilines is 1. The van der Waals surface area contributed by atoms with Crippen molar-refractivity contribution in [2.24, 2.45) is 11.5 Å². The third-order valence-electron chi connectivity index (χ3n) is 4.69. The number of nitrogens with two attached hydrogens (primary N) is 2. The van der Waals surface area contributed by atoms with E-state index < -0.39 is 22.4 Å². The summed E-state index contributed by atoms with van der Waals surface area (Å²) in [6.07, 6.45) is 2.52. The number of fused-ring (bicyclic) bond motifs is 1. The molecule has 15 heteroatoms. The van der Waals surface area contributed by atoms with E-state index in [-0.39, 0.29) is 18.4 Å². The molecule has 0 fully saturated rings. The number of rotatable bonds is 11. The maximum Gasteiger partial charge on any atom is 0.378 e. The van der Waals surface area contributed by atoms with Crippen molar-refractivity contribution >= 4 is 40.8 Å². The third-order valence-corrected chi connectivity index (χ3v) is 5.23. The van der Waals surface area contributed by atoms with E-state index in [1.54, 1.807) is 31.2 Å². The molecule has 0 aliphatic heterocycles. The molecule has 0 saturated carbocycles. The van der Waals surface area contributed by atoms with Crippen LogP contribution in [0.4, 0.5) is 5.95 Å². The van der Waals surface area contributed by atoms with E-state index >= 15 is 0 Å². The Labute approximate surface area is 220 Å². The van der Waals surface area contributed by atoms with Gasteiger partial charge in [0.25, 0.3) is 5.82 Å². The van der Waals surface area contributed by atoms with Crippen molar-refractivity contribution in [1.82, 2.24) is 24.9 Å². The van der Waals surface area contributed by atoms with Gasteiger partial charge in [-0.25, -0.2) is 14.8 Å². The zero-order valence-corrected chi connectivity index (χ0v) is 21.1. The number of esters is 1. The van der Waals surface area contributed by atoms with Gasteiger partial charge in [0.05, 0.1) is 22.2 Å². The molecule has 3 aromatic rings. The number of halogens is 2. The van der Waals surface area contributed by atoms with Crippen LogP contribution in [0.3, 0.4) is 0 Å². The molecular weight excluding hydrogens is 525 g/mol. The topological polar surface area (TPSA) is 189 Å².